The van der Waals surface area contributed by atoms with Crippen LogP contribution in [0.5, 0.6) is 0 Å². The van der Waals surface area contributed by atoms with Gasteiger partial charge in [0.25, 0.3) is 23.3 Å². The number of nitrogens with zero attached hydrogens (tertiary/aromatic N) is 4. The van der Waals surface area contributed by atoms with E-state index in [-0.39, 0.29) is 41.1 Å². The molecule has 6 rings (SSSR count). The Labute approximate surface area is 298 Å². The van der Waals surface area contributed by atoms with Crippen molar-refractivity contribution in [2.75, 3.05) is 13.1 Å². The van der Waals surface area contributed by atoms with Crippen molar-refractivity contribution in [1.82, 2.24) is 35.4 Å². The normalized spacial score (nSPS) is 18.9. The van der Waals surface area contributed by atoms with Crippen molar-refractivity contribution in [2.24, 2.45) is 13.0 Å². The number of amides is 4. The number of nitrogens with one attached hydrogen (secondary N) is 3. The van der Waals surface area contributed by atoms with Gasteiger partial charge in [0.1, 0.15) is 28.1 Å². The summed E-state index contributed by atoms with van der Waals surface area (Å²) in [6, 6.07) is 16.2. The van der Waals surface area contributed by atoms with E-state index < -0.39 is 53.9 Å². The number of rotatable bonds is 4. The number of oxazole rings is 1. The predicted molar refractivity (Wildman–Crippen MR) is 191 cm³/mol. The molecular weight excluding hydrogens is 671 g/mol. The molecule has 0 unspecified atom stereocenters. The van der Waals surface area contributed by atoms with Gasteiger partial charge in [0.15, 0.2) is 5.69 Å². The van der Waals surface area contributed by atoms with Gasteiger partial charge >= 0.3 is 0 Å². The molecular formula is C37H39N7O6S. The molecule has 5 aromatic rings. The third-order valence-corrected chi connectivity index (χ3v) is 9.86. The minimum absolute atomic E-state index is 0.0556. The number of benzene rings is 2. The van der Waals surface area contributed by atoms with Gasteiger partial charge < -0.3 is 29.8 Å². The van der Waals surface area contributed by atoms with E-state index in [0.717, 1.165) is 5.56 Å². The second kappa shape index (κ2) is 14.7. The fraction of sp³-hybridized carbons (Fsp3) is 0.324. The highest BCUT2D eigenvalue weighted by Crippen LogP contribution is 2.25. The highest BCUT2D eigenvalue weighted by molar-refractivity contribution is 7.09. The third kappa shape index (κ3) is 7.60. The molecule has 0 spiro atoms. The van der Waals surface area contributed by atoms with Crippen LogP contribution in [0.4, 0.5) is 0 Å². The Kier molecular flexibility index (Phi) is 10.1. The maximum Gasteiger partial charge on any atom is 0.274 e. The molecule has 0 aliphatic carbocycles. The zero-order chi connectivity index (χ0) is 36.4. The number of para-hydroxylation sites is 1. The fourth-order valence-electron chi connectivity index (χ4n) is 6.13. The Balaban J connectivity index is 1.44. The number of aromatic nitrogens is 3. The summed E-state index contributed by atoms with van der Waals surface area (Å²) < 4.78 is 7.32. The zero-order valence-electron chi connectivity index (χ0n) is 28.9. The van der Waals surface area contributed by atoms with Gasteiger partial charge in [-0.25, -0.2) is 9.97 Å². The minimum Gasteiger partial charge on any atom is -0.443 e. The molecule has 4 amide bonds. The molecule has 4 heterocycles. The number of aryl methyl sites for hydroxylation is 2. The molecule has 0 radical (unpaired) electrons. The van der Waals surface area contributed by atoms with Gasteiger partial charge in [-0.05, 0) is 49.3 Å². The van der Waals surface area contributed by atoms with Gasteiger partial charge in [0, 0.05) is 19.0 Å². The highest BCUT2D eigenvalue weighted by Gasteiger charge is 2.32. The fourth-order valence-corrected chi connectivity index (χ4v) is 6.94. The summed E-state index contributed by atoms with van der Waals surface area (Å²) in [5.74, 6) is -2.03. The molecule has 0 saturated heterocycles. The smallest absolute Gasteiger partial charge is 0.274 e. The molecule has 2 aromatic carbocycles. The van der Waals surface area contributed by atoms with Crippen molar-refractivity contribution in [3.05, 3.63) is 116 Å². The molecule has 51 heavy (non-hydrogen) atoms. The number of carbonyl (C=O) groups is 4. The molecule has 264 valence electrons. The van der Waals surface area contributed by atoms with E-state index in [4.69, 9.17) is 4.42 Å². The van der Waals surface area contributed by atoms with E-state index in [9.17, 15) is 24.0 Å². The lowest BCUT2D eigenvalue weighted by Gasteiger charge is -2.29. The van der Waals surface area contributed by atoms with Crippen molar-refractivity contribution >= 4 is 45.9 Å². The first-order chi connectivity index (χ1) is 24.4. The summed E-state index contributed by atoms with van der Waals surface area (Å²) >= 11 is 1.22. The molecule has 0 saturated carbocycles. The summed E-state index contributed by atoms with van der Waals surface area (Å²) in [5, 5.41) is 11.6. The van der Waals surface area contributed by atoms with Crippen molar-refractivity contribution in [1.29, 1.82) is 0 Å². The second-order valence-corrected chi connectivity index (χ2v) is 13.9. The first-order valence-electron chi connectivity index (χ1n) is 16.7. The predicted octanol–water partition coefficient (Wildman–Crippen LogP) is 4.09. The first-order valence-corrected chi connectivity index (χ1v) is 17.5. The van der Waals surface area contributed by atoms with Crippen LogP contribution in [0.15, 0.2) is 75.3 Å². The van der Waals surface area contributed by atoms with Crippen LogP contribution in [0.2, 0.25) is 0 Å². The molecule has 1 aliphatic rings. The Morgan fingerprint density at radius 1 is 0.980 bits per heavy atom. The van der Waals surface area contributed by atoms with E-state index in [1.807, 2.05) is 50.2 Å². The van der Waals surface area contributed by atoms with Crippen LogP contribution in [0, 0.1) is 12.8 Å². The van der Waals surface area contributed by atoms with Crippen LogP contribution in [0.25, 0.3) is 10.9 Å². The maximum atomic E-state index is 14.4. The van der Waals surface area contributed by atoms with Gasteiger partial charge in [0.2, 0.25) is 11.8 Å². The average Bonchev–Trinajstić information content (AvgIpc) is 3.76. The van der Waals surface area contributed by atoms with Gasteiger partial charge in [-0.1, -0.05) is 62.4 Å². The second-order valence-electron chi connectivity index (χ2n) is 13.0. The lowest BCUT2D eigenvalue weighted by molar-refractivity contribution is -0.123. The average molecular weight is 710 g/mol. The third-order valence-electron chi connectivity index (χ3n) is 8.84. The largest absolute Gasteiger partial charge is 0.443 e. The Hall–Kier alpha value is -5.63. The number of hydrogen-bond donors (Lipinski definition) is 3. The van der Waals surface area contributed by atoms with Gasteiger partial charge in [-0.2, -0.15) is 0 Å². The van der Waals surface area contributed by atoms with E-state index >= 15 is 0 Å². The standard InChI is InChI=1S/C37H39N7O6S/c1-20(2)30-34-42-31(22(4)50-34)33(47)38-21(3)35-40-27(19-51-35)32(46)39-25(15-23-11-7-6-8-12-23)17-44(18-29(45)41-30)37(49)26-16-24-13-9-10-14-28(24)43(5)36(26)48/h6-14,16,19-21,25,30H,15,17-18H2,1-5H3,(H,38,47)(H,39,46)(H,41,45)/t21-,25-,30+/m1/s1. The van der Waals surface area contributed by atoms with Gasteiger partial charge in [0.05, 0.1) is 24.1 Å². The van der Waals surface area contributed by atoms with Crippen LogP contribution >= 0.6 is 11.3 Å². The number of pyridine rings is 1. The Bertz CT molecular complexity index is 2170. The number of thiazole rings is 1. The number of carbonyl (C=O) groups excluding carboxylic acids is 4. The van der Waals surface area contributed by atoms with Crippen molar-refractivity contribution in [2.45, 2.75) is 52.2 Å². The van der Waals surface area contributed by atoms with Crippen LogP contribution in [0.1, 0.15) is 86.4 Å². The summed E-state index contributed by atoms with van der Waals surface area (Å²) in [6.45, 7) is 6.53. The summed E-state index contributed by atoms with van der Waals surface area (Å²) in [7, 11) is 1.59. The number of fused-ring (bicyclic) bond motifs is 5. The molecule has 0 fully saturated rings. The van der Waals surface area contributed by atoms with Crippen LogP contribution < -0.4 is 21.5 Å². The molecule has 4 bridgehead atoms. The SMILES string of the molecule is Cc1oc2nc1C(=O)N[C@H](C)c1nc(cs1)C(=O)N[C@H](Cc1ccccc1)CN(C(=O)c1cc3ccccc3n(C)c1=O)CC(=O)N[C@H]2C(C)C. The zero-order valence-corrected chi connectivity index (χ0v) is 29.7. The Morgan fingerprint density at radius 2 is 1.71 bits per heavy atom. The highest BCUT2D eigenvalue weighted by atomic mass is 32.1. The first kappa shape index (κ1) is 35.2. The summed E-state index contributed by atoms with van der Waals surface area (Å²) in [6.07, 6.45) is 0.310. The summed E-state index contributed by atoms with van der Waals surface area (Å²) in [5.41, 5.74) is 1.08. The topological polar surface area (TPSA) is 169 Å². The monoisotopic (exact) mass is 709 g/mol. The van der Waals surface area contributed by atoms with E-state index in [1.54, 1.807) is 44.5 Å². The van der Waals surface area contributed by atoms with Crippen molar-refractivity contribution in [3.8, 4) is 0 Å². The van der Waals surface area contributed by atoms with Gasteiger partial charge in [-0.15, -0.1) is 11.3 Å². The van der Waals surface area contributed by atoms with E-state index in [1.165, 1.54) is 26.9 Å². The molecule has 1 aliphatic heterocycles. The molecule has 3 N–H and O–H groups in total. The Morgan fingerprint density at radius 3 is 2.45 bits per heavy atom. The van der Waals surface area contributed by atoms with Crippen molar-refractivity contribution in [3.63, 3.8) is 0 Å². The van der Waals surface area contributed by atoms with Gasteiger partial charge in [-0.3, -0.25) is 24.0 Å². The van der Waals surface area contributed by atoms with Crippen LogP contribution in [-0.4, -0.2) is 62.2 Å². The van der Waals surface area contributed by atoms with Crippen LogP contribution in [-0.2, 0) is 18.3 Å². The van der Waals surface area contributed by atoms with Crippen molar-refractivity contribution < 1.29 is 23.6 Å². The van der Waals surface area contributed by atoms with Crippen LogP contribution in [0.3, 0.4) is 0 Å². The van der Waals surface area contributed by atoms with E-state index in [0.29, 0.717) is 22.3 Å². The summed E-state index contributed by atoms with van der Waals surface area (Å²) in [4.78, 5) is 79.2. The quantitative estimate of drug-likeness (QED) is 0.251. The molecule has 14 heteroatoms. The lowest BCUT2D eigenvalue weighted by Crippen LogP contribution is -2.51. The molecule has 13 nitrogen and oxygen atoms in total. The minimum atomic E-state index is -0.749. The van der Waals surface area contributed by atoms with E-state index in [2.05, 4.69) is 25.9 Å². The molecule has 3 aromatic heterocycles. The molecule has 3 atom stereocenters. The number of hydrogen-bond acceptors (Lipinski definition) is 9. The lowest BCUT2D eigenvalue weighted by atomic mass is 10.0. The maximum absolute atomic E-state index is 14.4.